The third-order valence-corrected chi connectivity index (χ3v) is 5.17. The molecule has 1 aliphatic heterocycles. The highest BCUT2D eigenvalue weighted by atomic mass is 79.9. The molecule has 1 N–H and O–H groups in total. The molecule has 1 aromatic heterocycles. The summed E-state index contributed by atoms with van der Waals surface area (Å²) in [7, 11) is 2.71. The van der Waals surface area contributed by atoms with E-state index < -0.39 is 17.1 Å². The first-order valence-corrected chi connectivity index (χ1v) is 9.19. The summed E-state index contributed by atoms with van der Waals surface area (Å²) in [6, 6.07) is 7.10. The molecule has 0 unspecified atom stereocenters. The summed E-state index contributed by atoms with van der Waals surface area (Å²) >= 11 is 3.38. The number of aromatic nitrogens is 2. The molecule has 0 spiro atoms. The summed E-state index contributed by atoms with van der Waals surface area (Å²) in [4.78, 5) is 37.0. The number of carbonyl (C=O) groups is 1. The first-order chi connectivity index (χ1) is 12.8. The molecule has 0 aliphatic carbocycles. The fourth-order valence-electron chi connectivity index (χ4n) is 3.08. The highest BCUT2D eigenvalue weighted by molar-refractivity contribution is 9.10. The van der Waals surface area contributed by atoms with E-state index in [4.69, 9.17) is 0 Å². The second-order valence-corrected chi connectivity index (χ2v) is 7.23. The zero-order valence-corrected chi connectivity index (χ0v) is 16.7. The number of halogens is 1. The van der Waals surface area contributed by atoms with Crippen molar-refractivity contribution in [3.05, 3.63) is 60.7 Å². The van der Waals surface area contributed by atoms with Crippen LogP contribution in [0.1, 0.15) is 36.9 Å². The Balaban J connectivity index is 2.13. The lowest BCUT2D eigenvalue weighted by Gasteiger charge is -2.21. The standard InChI is InChI=1S/C18H19BrN4O4/c1-4-14(24)23-13(10-5-7-11(19)8-6-10)9-12(20-23)15-16(25)21(2)18(27)22(3)17(15)26/h5-8,13,25H,4,9H2,1-3H3/t13-/m0/s1. The molecule has 27 heavy (non-hydrogen) atoms. The molecule has 0 fully saturated rings. The summed E-state index contributed by atoms with van der Waals surface area (Å²) in [5.74, 6) is -0.652. The third-order valence-electron chi connectivity index (χ3n) is 4.65. The molecular formula is C18H19BrN4O4. The van der Waals surface area contributed by atoms with Gasteiger partial charge < -0.3 is 5.11 Å². The van der Waals surface area contributed by atoms with Crippen molar-refractivity contribution in [3.63, 3.8) is 0 Å². The van der Waals surface area contributed by atoms with Crippen molar-refractivity contribution in [2.75, 3.05) is 0 Å². The fraction of sp³-hybridized carbons (Fsp3) is 0.333. The summed E-state index contributed by atoms with van der Waals surface area (Å²) in [5, 5.41) is 16.1. The summed E-state index contributed by atoms with van der Waals surface area (Å²) in [6.07, 6.45) is 0.509. The zero-order chi connectivity index (χ0) is 19.9. The summed E-state index contributed by atoms with van der Waals surface area (Å²) < 4.78 is 2.80. The molecule has 0 saturated heterocycles. The molecule has 0 bridgehead atoms. The van der Waals surface area contributed by atoms with Crippen LogP contribution in [0.2, 0.25) is 0 Å². The number of hydrogen-bond acceptors (Lipinski definition) is 5. The van der Waals surface area contributed by atoms with Gasteiger partial charge in [-0.2, -0.15) is 5.10 Å². The van der Waals surface area contributed by atoms with Crippen LogP contribution in [0.5, 0.6) is 5.88 Å². The number of nitrogens with zero attached hydrogens (tertiary/aromatic N) is 4. The normalized spacial score (nSPS) is 16.5. The number of hydrazone groups is 1. The molecule has 2 heterocycles. The van der Waals surface area contributed by atoms with Crippen LogP contribution in [0.15, 0.2) is 43.4 Å². The van der Waals surface area contributed by atoms with Gasteiger partial charge in [0.15, 0.2) is 0 Å². The van der Waals surface area contributed by atoms with Gasteiger partial charge in [-0.05, 0) is 17.7 Å². The number of amides is 1. The first-order valence-electron chi connectivity index (χ1n) is 8.40. The number of rotatable bonds is 3. The average Bonchev–Trinajstić information content (AvgIpc) is 3.09. The second-order valence-electron chi connectivity index (χ2n) is 6.31. The lowest BCUT2D eigenvalue weighted by molar-refractivity contribution is -0.132. The van der Waals surface area contributed by atoms with Crippen LogP contribution in [-0.2, 0) is 18.9 Å². The maximum absolute atomic E-state index is 12.6. The van der Waals surface area contributed by atoms with E-state index in [1.807, 2.05) is 24.3 Å². The van der Waals surface area contributed by atoms with Crippen molar-refractivity contribution < 1.29 is 9.90 Å². The molecule has 0 saturated carbocycles. The zero-order valence-electron chi connectivity index (χ0n) is 15.1. The van der Waals surface area contributed by atoms with Crippen molar-refractivity contribution in [2.24, 2.45) is 19.2 Å². The molecule has 1 atom stereocenters. The van der Waals surface area contributed by atoms with E-state index >= 15 is 0 Å². The highest BCUT2D eigenvalue weighted by Crippen LogP contribution is 2.34. The molecule has 3 rings (SSSR count). The highest BCUT2D eigenvalue weighted by Gasteiger charge is 2.35. The Morgan fingerprint density at radius 3 is 2.44 bits per heavy atom. The van der Waals surface area contributed by atoms with Crippen LogP contribution < -0.4 is 11.2 Å². The van der Waals surface area contributed by atoms with Crippen LogP contribution >= 0.6 is 15.9 Å². The molecule has 0 radical (unpaired) electrons. The fourth-order valence-corrected chi connectivity index (χ4v) is 3.35. The summed E-state index contributed by atoms with van der Waals surface area (Å²) in [6.45, 7) is 1.73. The third kappa shape index (κ3) is 3.23. The topological polar surface area (TPSA) is 96.9 Å². The van der Waals surface area contributed by atoms with E-state index in [1.54, 1.807) is 6.92 Å². The van der Waals surface area contributed by atoms with Gasteiger partial charge in [-0.1, -0.05) is 35.0 Å². The quantitative estimate of drug-likeness (QED) is 0.793. The smallest absolute Gasteiger partial charge is 0.333 e. The molecule has 1 aromatic carbocycles. The van der Waals surface area contributed by atoms with Gasteiger partial charge in [0.05, 0.1) is 11.8 Å². The minimum absolute atomic E-state index is 0.0619. The van der Waals surface area contributed by atoms with Gasteiger partial charge in [0.1, 0.15) is 5.56 Å². The molecule has 1 amide bonds. The van der Waals surface area contributed by atoms with Crippen molar-refractivity contribution in [3.8, 4) is 5.88 Å². The van der Waals surface area contributed by atoms with E-state index in [9.17, 15) is 19.5 Å². The van der Waals surface area contributed by atoms with Gasteiger partial charge in [-0.3, -0.25) is 18.7 Å². The van der Waals surface area contributed by atoms with Gasteiger partial charge in [0.25, 0.3) is 5.56 Å². The van der Waals surface area contributed by atoms with E-state index in [1.165, 1.54) is 19.1 Å². The van der Waals surface area contributed by atoms with Gasteiger partial charge in [-0.25, -0.2) is 9.80 Å². The molecule has 1 aliphatic rings. The SMILES string of the molecule is CCC(=O)N1N=C(c2c(O)n(C)c(=O)n(C)c2=O)C[C@H]1c1ccc(Br)cc1. The van der Waals surface area contributed by atoms with E-state index in [0.29, 0.717) is 0 Å². The van der Waals surface area contributed by atoms with Crippen molar-refractivity contribution in [1.29, 1.82) is 0 Å². The van der Waals surface area contributed by atoms with Crippen LogP contribution in [-0.4, -0.2) is 30.9 Å². The maximum Gasteiger partial charge on any atom is 0.333 e. The van der Waals surface area contributed by atoms with Crippen LogP contribution in [0.3, 0.4) is 0 Å². The Hall–Kier alpha value is -2.68. The van der Waals surface area contributed by atoms with Crippen molar-refractivity contribution in [2.45, 2.75) is 25.8 Å². The lowest BCUT2D eigenvalue weighted by Crippen LogP contribution is -2.39. The molecule has 9 heteroatoms. The van der Waals surface area contributed by atoms with Crippen LogP contribution in [0.25, 0.3) is 0 Å². The largest absolute Gasteiger partial charge is 0.494 e. The first kappa shape index (κ1) is 19.1. The van der Waals surface area contributed by atoms with Crippen LogP contribution in [0.4, 0.5) is 0 Å². The second kappa shape index (κ2) is 7.15. The average molecular weight is 435 g/mol. The van der Waals surface area contributed by atoms with Gasteiger partial charge in [-0.15, -0.1) is 0 Å². The number of aromatic hydroxyl groups is 1. The van der Waals surface area contributed by atoms with E-state index in [0.717, 1.165) is 19.2 Å². The van der Waals surface area contributed by atoms with E-state index in [2.05, 4.69) is 21.0 Å². The van der Waals surface area contributed by atoms with Gasteiger partial charge in [0.2, 0.25) is 11.8 Å². The van der Waals surface area contributed by atoms with Gasteiger partial charge in [0, 0.05) is 31.4 Å². The maximum atomic E-state index is 12.6. The van der Waals surface area contributed by atoms with E-state index in [-0.39, 0.29) is 36.1 Å². The van der Waals surface area contributed by atoms with Crippen molar-refractivity contribution in [1.82, 2.24) is 14.1 Å². The van der Waals surface area contributed by atoms with Crippen LogP contribution in [0, 0.1) is 0 Å². The molecular weight excluding hydrogens is 416 g/mol. The Bertz CT molecular complexity index is 1050. The monoisotopic (exact) mass is 434 g/mol. The van der Waals surface area contributed by atoms with Gasteiger partial charge >= 0.3 is 5.69 Å². The number of benzene rings is 1. The predicted octanol–water partition coefficient (Wildman–Crippen LogP) is 1.64. The molecule has 142 valence electrons. The Kier molecular flexibility index (Phi) is 5.05. The Morgan fingerprint density at radius 2 is 1.85 bits per heavy atom. The molecule has 2 aromatic rings. The lowest BCUT2D eigenvalue weighted by atomic mass is 9.99. The predicted molar refractivity (Wildman–Crippen MR) is 104 cm³/mol. The summed E-state index contributed by atoms with van der Waals surface area (Å²) in [5.41, 5.74) is -0.202. The molecule has 8 nitrogen and oxygen atoms in total. The van der Waals surface area contributed by atoms with Crippen molar-refractivity contribution >= 4 is 27.5 Å². The number of hydrogen-bond donors (Lipinski definition) is 1. The minimum atomic E-state index is -0.644. The number of carbonyl (C=O) groups excluding carboxylic acids is 1. The Morgan fingerprint density at radius 1 is 1.22 bits per heavy atom. The minimum Gasteiger partial charge on any atom is -0.494 e. The Labute approximate surface area is 163 Å².